The number of nitrogens with one attached hydrogen (secondary N) is 2. The van der Waals surface area contributed by atoms with Crippen LogP contribution >= 0.6 is 0 Å². The molecule has 0 saturated carbocycles. The summed E-state index contributed by atoms with van der Waals surface area (Å²) in [6, 6.07) is -2.53. The van der Waals surface area contributed by atoms with Crippen LogP contribution in [0, 0.1) is 5.92 Å². The second kappa shape index (κ2) is 12.6. The van der Waals surface area contributed by atoms with E-state index in [0.29, 0.717) is 13.0 Å². The predicted molar refractivity (Wildman–Crippen MR) is 122 cm³/mol. The molecular weight excluding hydrogens is 478 g/mol. The van der Waals surface area contributed by atoms with Crippen molar-refractivity contribution in [2.45, 2.75) is 44.9 Å². The molecular formula is C21H35N7O8. The molecule has 2 aliphatic rings. The number of hydroxylamine groups is 2. The summed E-state index contributed by atoms with van der Waals surface area (Å²) in [6.07, 6.45) is -0.400. The molecule has 5 N–H and O–H groups in total. The molecule has 0 aromatic rings. The van der Waals surface area contributed by atoms with Crippen molar-refractivity contribution in [1.82, 2.24) is 30.6 Å². The molecule has 36 heavy (non-hydrogen) atoms. The highest BCUT2D eigenvalue weighted by Gasteiger charge is 2.41. The van der Waals surface area contributed by atoms with E-state index in [-0.39, 0.29) is 11.5 Å². The Morgan fingerprint density at radius 1 is 0.972 bits per heavy atom. The summed E-state index contributed by atoms with van der Waals surface area (Å²) in [7, 11) is 2.63. The molecule has 0 bridgehead atoms. The van der Waals surface area contributed by atoms with Crippen molar-refractivity contribution >= 4 is 35.5 Å². The van der Waals surface area contributed by atoms with Gasteiger partial charge in [-0.3, -0.25) is 39.0 Å². The summed E-state index contributed by atoms with van der Waals surface area (Å²) in [5.74, 6) is -4.89. The van der Waals surface area contributed by atoms with Crippen molar-refractivity contribution in [2.24, 2.45) is 11.7 Å². The first-order chi connectivity index (χ1) is 16.8. The van der Waals surface area contributed by atoms with Gasteiger partial charge in [0.1, 0.15) is 31.3 Å². The van der Waals surface area contributed by atoms with Crippen molar-refractivity contribution in [3.05, 3.63) is 0 Å². The van der Waals surface area contributed by atoms with Crippen LogP contribution in [0.4, 0.5) is 0 Å². The van der Waals surface area contributed by atoms with E-state index in [2.05, 4.69) is 10.7 Å². The first kappa shape index (κ1) is 28.9. The van der Waals surface area contributed by atoms with E-state index in [0.717, 1.165) is 14.8 Å². The third-order valence-electron chi connectivity index (χ3n) is 5.91. The minimum atomic E-state index is -1.36. The first-order valence-corrected chi connectivity index (χ1v) is 11.6. The number of amides is 5. The lowest BCUT2D eigenvalue weighted by Gasteiger charge is -2.39. The van der Waals surface area contributed by atoms with Gasteiger partial charge in [0.05, 0.1) is 13.1 Å². The maximum Gasteiger partial charge on any atom is 0.325 e. The van der Waals surface area contributed by atoms with Crippen molar-refractivity contribution in [2.75, 3.05) is 46.8 Å². The number of rotatable bonds is 1. The molecule has 0 aliphatic carbocycles. The average Bonchev–Trinajstić information content (AvgIpc) is 2.83. The van der Waals surface area contributed by atoms with E-state index >= 15 is 0 Å². The topological polar surface area (TPSA) is 195 Å². The highest BCUT2D eigenvalue weighted by atomic mass is 16.5. The Hall–Kier alpha value is -3.30. The van der Waals surface area contributed by atoms with Crippen LogP contribution in [-0.4, -0.2) is 126 Å². The normalized spacial score (nSPS) is 26.8. The highest BCUT2D eigenvalue weighted by Crippen LogP contribution is 2.18. The molecule has 5 amide bonds. The Kier molecular flexibility index (Phi) is 10.1. The summed E-state index contributed by atoms with van der Waals surface area (Å²) in [4.78, 5) is 77.7. The SMILES string of the molecule is CC(C)[C@@H]1OC(=O)CN(C)C(=O)CNC(=O)CN(C)C(=O)CN(O)C(=O)[C@H]2CCCNN2C(=O)[C@H]1N. The molecule has 15 nitrogen and oxygen atoms in total. The molecule has 0 unspecified atom stereocenters. The molecule has 3 atom stereocenters. The highest BCUT2D eigenvalue weighted by molar-refractivity contribution is 5.93. The number of hydrogen-bond acceptors (Lipinski definition) is 10. The number of likely N-dealkylation sites (N-methyl/N-ethyl adjacent to an activating group) is 2. The summed E-state index contributed by atoms with van der Waals surface area (Å²) in [5, 5.41) is 13.8. The molecule has 0 aromatic carbocycles. The Morgan fingerprint density at radius 3 is 2.25 bits per heavy atom. The lowest BCUT2D eigenvalue weighted by atomic mass is 9.98. The van der Waals surface area contributed by atoms with E-state index < -0.39 is 85.8 Å². The number of ether oxygens (including phenoxy) is 1. The fourth-order valence-electron chi connectivity index (χ4n) is 3.76. The Morgan fingerprint density at radius 2 is 1.61 bits per heavy atom. The van der Waals surface area contributed by atoms with Crippen LogP contribution in [-0.2, 0) is 33.5 Å². The van der Waals surface area contributed by atoms with Gasteiger partial charge >= 0.3 is 5.97 Å². The maximum atomic E-state index is 13.3. The number of nitrogens with two attached hydrogens (primary N) is 1. The second-order valence-electron chi connectivity index (χ2n) is 9.17. The number of esters is 1. The summed E-state index contributed by atoms with van der Waals surface area (Å²) >= 11 is 0. The fourth-order valence-corrected chi connectivity index (χ4v) is 3.76. The molecule has 0 spiro atoms. The maximum absolute atomic E-state index is 13.3. The number of carbonyl (C=O) groups is 6. The third-order valence-corrected chi connectivity index (χ3v) is 5.91. The van der Waals surface area contributed by atoms with Gasteiger partial charge in [0.2, 0.25) is 17.7 Å². The van der Waals surface area contributed by atoms with Gasteiger partial charge < -0.3 is 25.6 Å². The predicted octanol–water partition coefficient (Wildman–Crippen LogP) is -3.36. The molecule has 2 saturated heterocycles. The molecule has 0 radical (unpaired) electrons. The van der Waals surface area contributed by atoms with E-state index in [9.17, 15) is 34.0 Å². The zero-order valence-corrected chi connectivity index (χ0v) is 20.9. The lowest BCUT2D eigenvalue weighted by Crippen LogP contribution is -2.64. The van der Waals surface area contributed by atoms with Gasteiger partial charge in [0.25, 0.3) is 11.8 Å². The first-order valence-electron chi connectivity index (χ1n) is 11.6. The van der Waals surface area contributed by atoms with Crippen LogP contribution in [0.1, 0.15) is 26.7 Å². The quantitative estimate of drug-likeness (QED) is 0.203. The summed E-state index contributed by atoms with van der Waals surface area (Å²) in [6.45, 7) is 1.62. The van der Waals surface area contributed by atoms with Gasteiger partial charge in [0.15, 0.2) is 0 Å². The van der Waals surface area contributed by atoms with Gasteiger partial charge in [-0.2, -0.15) is 0 Å². The molecule has 202 valence electrons. The number of fused-ring (bicyclic) bond motifs is 1. The number of hydrogen-bond donors (Lipinski definition) is 4. The van der Waals surface area contributed by atoms with E-state index in [1.54, 1.807) is 13.8 Å². The Bertz CT molecular complexity index is 882. The standard InChI is InChI=1S/C21H35N7O8/c1-12(2)19-18(22)21(34)28-13(6-5-7-24-28)20(33)27(35)10-16(31)25(3)9-14(29)23-8-15(30)26(4)11-17(32)36-19/h12-13,18-19,24,35H,5-11,22H2,1-4H3,(H,23,29)/t13-,18+,19+/m1/s1. The molecule has 2 aliphatic heterocycles. The van der Waals surface area contributed by atoms with E-state index in [1.165, 1.54) is 14.1 Å². The lowest BCUT2D eigenvalue weighted by molar-refractivity contribution is -0.181. The zero-order chi connectivity index (χ0) is 27.2. The van der Waals surface area contributed by atoms with Crippen LogP contribution < -0.4 is 16.5 Å². The number of hydrazine groups is 1. The van der Waals surface area contributed by atoms with Gasteiger partial charge in [-0.15, -0.1) is 0 Å². The molecule has 15 heteroatoms. The van der Waals surface area contributed by atoms with Crippen LogP contribution in [0.3, 0.4) is 0 Å². The van der Waals surface area contributed by atoms with Crippen LogP contribution in [0.5, 0.6) is 0 Å². The molecule has 2 fully saturated rings. The average molecular weight is 514 g/mol. The summed E-state index contributed by atoms with van der Waals surface area (Å²) < 4.78 is 5.44. The van der Waals surface area contributed by atoms with Gasteiger partial charge in [-0.25, -0.2) is 10.5 Å². The van der Waals surface area contributed by atoms with Gasteiger partial charge in [0, 0.05) is 20.6 Å². The fraction of sp³-hybridized carbons (Fsp3) is 0.714. The monoisotopic (exact) mass is 513 g/mol. The van der Waals surface area contributed by atoms with Crippen LogP contribution in [0.15, 0.2) is 0 Å². The third kappa shape index (κ3) is 7.35. The molecule has 2 heterocycles. The zero-order valence-electron chi connectivity index (χ0n) is 20.9. The molecule has 2 rings (SSSR count). The largest absolute Gasteiger partial charge is 0.459 e. The second-order valence-corrected chi connectivity index (χ2v) is 9.17. The number of cyclic esters (lactones) is 1. The van der Waals surface area contributed by atoms with Crippen molar-refractivity contribution in [3.8, 4) is 0 Å². The van der Waals surface area contributed by atoms with Crippen LogP contribution in [0.2, 0.25) is 0 Å². The minimum Gasteiger partial charge on any atom is -0.459 e. The van der Waals surface area contributed by atoms with Crippen molar-refractivity contribution in [3.63, 3.8) is 0 Å². The van der Waals surface area contributed by atoms with Gasteiger partial charge in [-0.05, 0) is 18.8 Å². The van der Waals surface area contributed by atoms with E-state index in [1.807, 2.05) is 0 Å². The minimum absolute atomic E-state index is 0.187. The molecule has 0 aromatic heterocycles. The van der Waals surface area contributed by atoms with Gasteiger partial charge in [-0.1, -0.05) is 13.8 Å². The van der Waals surface area contributed by atoms with Crippen molar-refractivity contribution in [1.29, 1.82) is 0 Å². The Balaban J connectivity index is 2.36. The number of carbonyl (C=O) groups excluding carboxylic acids is 6. The van der Waals surface area contributed by atoms with Crippen LogP contribution in [0.25, 0.3) is 0 Å². The number of nitrogens with zero attached hydrogens (tertiary/aromatic N) is 4. The van der Waals surface area contributed by atoms with E-state index in [4.69, 9.17) is 10.5 Å². The summed E-state index contributed by atoms with van der Waals surface area (Å²) in [5.41, 5.74) is 8.97. The Labute approximate surface area is 208 Å². The van der Waals surface area contributed by atoms with Crippen molar-refractivity contribution < 1.29 is 38.7 Å². The smallest absolute Gasteiger partial charge is 0.325 e.